The number of fused-ring (bicyclic) bond motifs is 1. The van der Waals surface area contributed by atoms with Crippen LogP contribution in [0.4, 0.5) is 0 Å². The standard InChI is InChI=1S/C9H10O2/c10-9-6-5-7-3-1-2-4-8(7)11-9/h1-2,5-8H,3-4H2. The number of carbonyl (C=O) groups is 1. The summed E-state index contributed by atoms with van der Waals surface area (Å²) in [5.41, 5.74) is 0. The molecule has 2 nitrogen and oxygen atoms in total. The van der Waals surface area contributed by atoms with Crippen LogP contribution in [0.3, 0.4) is 0 Å². The number of allylic oxidation sites excluding steroid dienone is 1. The Kier molecular flexibility index (Phi) is 1.53. The summed E-state index contributed by atoms with van der Waals surface area (Å²) in [5, 5.41) is 0. The van der Waals surface area contributed by atoms with Gasteiger partial charge in [0.25, 0.3) is 0 Å². The van der Waals surface area contributed by atoms with Gasteiger partial charge in [0.2, 0.25) is 0 Å². The number of carbonyl (C=O) groups excluding carboxylic acids is 1. The van der Waals surface area contributed by atoms with E-state index in [0.29, 0.717) is 5.92 Å². The highest BCUT2D eigenvalue weighted by atomic mass is 16.5. The van der Waals surface area contributed by atoms with Gasteiger partial charge in [-0.3, -0.25) is 0 Å². The first kappa shape index (κ1) is 6.65. The molecule has 0 saturated heterocycles. The van der Waals surface area contributed by atoms with Gasteiger partial charge in [0, 0.05) is 18.4 Å². The lowest BCUT2D eigenvalue weighted by Crippen LogP contribution is -2.29. The topological polar surface area (TPSA) is 26.3 Å². The maximum absolute atomic E-state index is 10.8. The minimum Gasteiger partial charge on any atom is -0.458 e. The van der Waals surface area contributed by atoms with E-state index >= 15 is 0 Å². The molecule has 0 N–H and O–H groups in total. The molecule has 0 bridgehead atoms. The zero-order chi connectivity index (χ0) is 7.68. The monoisotopic (exact) mass is 150 g/mol. The molecule has 11 heavy (non-hydrogen) atoms. The molecule has 0 spiro atoms. The smallest absolute Gasteiger partial charge is 0.330 e. The molecule has 1 aliphatic carbocycles. The van der Waals surface area contributed by atoms with Crippen molar-refractivity contribution in [3.8, 4) is 0 Å². The van der Waals surface area contributed by atoms with Gasteiger partial charge in [-0.15, -0.1) is 0 Å². The van der Waals surface area contributed by atoms with Gasteiger partial charge in [-0.2, -0.15) is 0 Å². The highest BCUT2D eigenvalue weighted by molar-refractivity contribution is 5.83. The lowest BCUT2D eigenvalue weighted by atomic mass is 9.90. The van der Waals surface area contributed by atoms with Crippen LogP contribution in [0.1, 0.15) is 12.8 Å². The molecule has 1 heterocycles. The van der Waals surface area contributed by atoms with Crippen LogP contribution in [0.2, 0.25) is 0 Å². The van der Waals surface area contributed by atoms with E-state index in [1.165, 1.54) is 6.08 Å². The van der Waals surface area contributed by atoms with E-state index in [0.717, 1.165) is 12.8 Å². The molecule has 1 aliphatic heterocycles. The van der Waals surface area contributed by atoms with Crippen molar-refractivity contribution in [2.24, 2.45) is 5.92 Å². The Balaban J connectivity index is 2.17. The summed E-state index contributed by atoms with van der Waals surface area (Å²) in [7, 11) is 0. The predicted molar refractivity (Wildman–Crippen MR) is 40.9 cm³/mol. The zero-order valence-electron chi connectivity index (χ0n) is 6.19. The molecule has 2 rings (SSSR count). The molecular weight excluding hydrogens is 140 g/mol. The van der Waals surface area contributed by atoms with Gasteiger partial charge < -0.3 is 4.74 Å². The van der Waals surface area contributed by atoms with Crippen LogP contribution in [0, 0.1) is 5.92 Å². The summed E-state index contributed by atoms with van der Waals surface area (Å²) in [6, 6.07) is 0. The normalized spacial score (nSPS) is 34.7. The van der Waals surface area contributed by atoms with Gasteiger partial charge in [-0.05, 0) is 6.42 Å². The summed E-state index contributed by atoms with van der Waals surface area (Å²) < 4.78 is 5.11. The Hall–Kier alpha value is -1.05. The Labute approximate surface area is 65.5 Å². The van der Waals surface area contributed by atoms with Gasteiger partial charge in [-0.1, -0.05) is 18.2 Å². The molecule has 2 heteroatoms. The lowest BCUT2D eigenvalue weighted by molar-refractivity contribution is -0.146. The highest BCUT2D eigenvalue weighted by Gasteiger charge is 2.26. The summed E-state index contributed by atoms with van der Waals surface area (Å²) in [5.74, 6) is 0.235. The van der Waals surface area contributed by atoms with Crippen LogP contribution in [0.25, 0.3) is 0 Å². The molecule has 0 aromatic heterocycles. The lowest BCUT2D eigenvalue weighted by Gasteiger charge is -2.28. The molecule has 0 saturated carbocycles. The second kappa shape index (κ2) is 2.53. The van der Waals surface area contributed by atoms with Crippen molar-refractivity contribution in [3.05, 3.63) is 24.3 Å². The van der Waals surface area contributed by atoms with Crippen molar-refractivity contribution in [2.45, 2.75) is 18.9 Å². The maximum Gasteiger partial charge on any atom is 0.330 e. The van der Waals surface area contributed by atoms with Gasteiger partial charge in [0.1, 0.15) is 6.10 Å². The number of esters is 1. The van der Waals surface area contributed by atoms with Crippen molar-refractivity contribution >= 4 is 5.97 Å². The Morgan fingerprint density at radius 3 is 3.09 bits per heavy atom. The minimum atomic E-state index is -0.193. The number of hydrogen-bond donors (Lipinski definition) is 0. The summed E-state index contributed by atoms with van der Waals surface area (Å²) in [6.07, 6.45) is 9.70. The number of ether oxygens (including phenoxy) is 1. The third-order valence-corrected chi connectivity index (χ3v) is 2.17. The quantitative estimate of drug-likeness (QED) is 0.385. The van der Waals surface area contributed by atoms with Crippen LogP contribution >= 0.6 is 0 Å². The third kappa shape index (κ3) is 1.20. The van der Waals surface area contributed by atoms with E-state index in [1.54, 1.807) is 0 Å². The minimum absolute atomic E-state index is 0.109. The molecule has 0 amide bonds. The first-order valence-electron chi connectivity index (χ1n) is 3.90. The molecule has 2 atom stereocenters. The van der Waals surface area contributed by atoms with Gasteiger partial charge >= 0.3 is 5.97 Å². The average Bonchev–Trinajstić information content (AvgIpc) is 2.04. The highest BCUT2D eigenvalue weighted by Crippen LogP contribution is 2.26. The van der Waals surface area contributed by atoms with Gasteiger partial charge in [-0.25, -0.2) is 4.79 Å². The molecule has 2 unspecified atom stereocenters. The van der Waals surface area contributed by atoms with Crippen LogP contribution in [-0.4, -0.2) is 12.1 Å². The van der Waals surface area contributed by atoms with E-state index in [9.17, 15) is 4.79 Å². The van der Waals surface area contributed by atoms with E-state index < -0.39 is 0 Å². The van der Waals surface area contributed by atoms with Crippen LogP contribution in [0.15, 0.2) is 24.3 Å². The van der Waals surface area contributed by atoms with E-state index in [4.69, 9.17) is 4.74 Å². The fourth-order valence-corrected chi connectivity index (χ4v) is 1.54. The molecule has 0 fully saturated rings. The first-order valence-corrected chi connectivity index (χ1v) is 3.90. The second-order valence-electron chi connectivity index (χ2n) is 2.94. The number of hydrogen-bond acceptors (Lipinski definition) is 2. The molecule has 58 valence electrons. The fraction of sp³-hybridized carbons (Fsp3) is 0.444. The van der Waals surface area contributed by atoms with E-state index in [1.807, 2.05) is 6.08 Å². The van der Waals surface area contributed by atoms with Crippen molar-refractivity contribution < 1.29 is 9.53 Å². The summed E-state index contributed by atoms with van der Waals surface area (Å²) in [4.78, 5) is 10.8. The Morgan fingerprint density at radius 2 is 2.18 bits per heavy atom. The summed E-state index contributed by atoms with van der Waals surface area (Å²) >= 11 is 0. The zero-order valence-corrected chi connectivity index (χ0v) is 6.19. The maximum atomic E-state index is 10.8. The van der Waals surface area contributed by atoms with E-state index in [-0.39, 0.29) is 12.1 Å². The molecule has 0 aromatic carbocycles. The second-order valence-corrected chi connectivity index (χ2v) is 2.94. The van der Waals surface area contributed by atoms with E-state index in [2.05, 4.69) is 12.2 Å². The SMILES string of the molecule is O=C1C=CC2CC=CCC2O1. The predicted octanol–water partition coefficient (Wildman–Crippen LogP) is 1.43. The van der Waals surface area contributed by atoms with Gasteiger partial charge in [0.15, 0.2) is 0 Å². The molecule has 0 radical (unpaired) electrons. The van der Waals surface area contributed by atoms with Crippen molar-refractivity contribution in [2.75, 3.05) is 0 Å². The Bertz CT molecular complexity index is 228. The van der Waals surface area contributed by atoms with Crippen molar-refractivity contribution in [1.29, 1.82) is 0 Å². The average molecular weight is 150 g/mol. The molecule has 2 aliphatic rings. The third-order valence-electron chi connectivity index (χ3n) is 2.17. The van der Waals surface area contributed by atoms with Crippen molar-refractivity contribution in [1.82, 2.24) is 0 Å². The van der Waals surface area contributed by atoms with Crippen molar-refractivity contribution in [3.63, 3.8) is 0 Å². The largest absolute Gasteiger partial charge is 0.458 e. The molecular formula is C9H10O2. The first-order chi connectivity index (χ1) is 5.36. The number of rotatable bonds is 0. The van der Waals surface area contributed by atoms with Crippen LogP contribution < -0.4 is 0 Å². The van der Waals surface area contributed by atoms with Gasteiger partial charge in [0.05, 0.1) is 0 Å². The Morgan fingerprint density at radius 1 is 1.36 bits per heavy atom. The van der Waals surface area contributed by atoms with Crippen LogP contribution in [-0.2, 0) is 9.53 Å². The fourth-order valence-electron chi connectivity index (χ4n) is 1.54. The summed E-state index contributed by atoms with van der Waals surface area (Å²) in [6.45, 7) is 0. The molecule has 0 aromatic rings. The van der Waals surface area contributed by atoms with Crippen LogP contribution in [0.5, 0.6) is 0 Å².